The smallest absolute Gasteiger partial charge is 0.258 e. The summed E-state index contributed by atoms with van der Waals surface area (Å²) in [6.45, 7) is 2.48. The van der Waals surface area contributed by atoms with Gasteiger partial charge in [0.2, 0.25) is 5.88 Å². The molecule has 1 aromatic carbocycles. The molecule has 0 radical (unpaired) electrons. The Morgan fingerprint density at radius 3 is 2.92 bits per heavy atom. The van der Waals surface area contributed by atoms with Crippen LogP contribution >= 0.6 is 0 Å². The molecule has 0 aliphatic carbocycles. The van der Waals surface area contributed by atoms with Crippen LogP contribution in [0.2, 0.25) is 0 Å². The molecule has 1 fully saturated rings. The normalized spacial score (nSPS) is 17.4. The maximum Gasteiger partial charge on any atom is 0.258 e. The minimum absolute atomic E-state index is 0.0384. The van der Waals surface area contributed by atoms with Crippen molar-refractivity contribution in [2.75, 3.05) is 33.4 Å². The van der Waals surface area contributed by atoms with E-state index in [1.54, 1.807) is 25.4 Å². The molecule has 126 valence electrons. The molecule has 2 aromatic rings. The highest BCUT2D eigenvalue weighted by molar-refractivity contribution is 5.97. The van der Waals surface area contributed by atoms with Gasteiger partial charge in [-0.15, -0.1) is 0 Å². The Balaban J connectivity index is 1.73. The third-order valence-electron chi connectivity index (χ3n) is 4.01. The van der Waals surface area contributed by atoms with Crippen LogP contribution in [-0.4, -0.2) is 55.2 Å². The lowest BCUT2D eigenvalue weighted by Crippen LogP contribution is -2.56. The number of aromatic nitrogens is 1. The number of carbonyl (C=O) groups excluding carboxylic acids is 1. The van der Waals surface area contributed by atoms with Crippen LogP contribution in [0, 0.1) is 0 Å². The number of piperazine rings is 1. The van der Waals surface area contributed by atoms with Crippen molar-refractivity contribution in [2.45, 2.75) is 6.04 Å². The summed E-state index contributed by atoms with van der Waals surface area (Å²) in [5, 5.41) is 3.31. The van der Waals surface area contributed by atoms with Crippen LogP contribution in [0.1, 0.15) is 10.4 Å². The maximum atomic E-state index is 12.9. The SMILES string of the molecule is COc1ccccc1C(=O)N1CCNCC1COc1ccccn1. The predicted molar refractivity (Wildman–Crippen MR) is 90.4 cm³/mol. The summed E-state index contributed by atoms with van der Waals surface area (Å²) >= 11 is 0. The molecule has 1 aliphatic heterocycles. The van der Waals surface area contributed by atoms with Crippen molar-refractivity contribution in [2.24, 2.45) is 0 Å². The Hall–Kier alpha value is -2.60. The zero-order chi connectivity index (χ0) is 16.8. The van der Waals surface area contributed by atoms with E-state index < -0.39 is 0 Å². The summed E-state index contributed by atoms with van der Waals surface area (Å²) < 4.78 is 11.1. The highest BCUT2D eigenvalue weighted by Gasteiger charge is 2.29. The van der Waals surface area contributed by atoms with Crippen molar-refractivity contribution in [1.29, 1.82) is 0 Å². The topological polar surface area (TPSA) is 63.7 Å². The van der Waals surface area contributed by atoms with Gasteiger partial charge in [-0.2, -0.15) is 0 Å². The summed E-state index contributed by atoms with van der Waals surface area (Å²) in [4.78, 5) is 18.9. The van der Waals surface area contributed by atoms with Crippen LogP contribution in [0.4, 0.5) is 0 Å². The third-order valence-corrected chi connectivity index (χ3v) is 4.01. The Morgan fingerprint density at radius 2 is 2.12 bits per heavy atom. The van der Waals surface area contributed by atoms with Crippen molar-refractivity contribution < 1.29 is 14.3 Å². The van der Waals surface area contributed by atoms with Gasteiger partial charge >= 0.3 is 0 Å². The van der Waals surface area contributed by atoms with Gasteiger partial charge in [0, 0.05) is 31.9 Å². The molecule has 1 N–H and O–H groups in total. The van der Waals surface area contributed by atoms with Gasteiger partial charge in [0.25, 0.3) is 5.91 Å². The molecule has 2 heterocycles. The number of rotatable bonds is 5. The number of carbonyl (C=O) groups is 1. The minimum atomic E-state index is -0.0573. The zero-order valence-electron chi connectivity index (χ0n) is 13.6. The fraction of sp³-hybridized carbons (Fsp3) is 0.333. The lowest BCUT2D eigenvalue weighted by molar-refractivity contribution is 0.0552. The van der Waals surface area contributed by atoms with Gasteiger partial charge in [-0.1, -0.05) is 18.2 Å². The van der Waals surface area contributed by atoms with Crippen molar-refractivity contribution in [3.8, 4) is 11.6 Å². The summed E-state index contributed by atoms with van der Waals surface area (Å²) in [5.74, 6) is 1.11. The monoisotopic (exact) mass is 327 g/mol. The number of para-hydroxylation sites is 1. The first-order valence-corrected chi connectivity index (χ1v) is 7.98. The first-order valence-electron chi connectivity index (χ1n) is 7.98. The van der Waals surface area contributed by atoms with Crippen LogP contribution in [-0.2, 0) is 0 Å². The summed E-state index contributed by atoms with van der Waals surface area (Å²) in [7, 11) is 1.57. The fourth-order valence-corrected chi connectivity index (χ4v) is 2.77. The van der Waals surface area contributed by atoms with Gasteiger partial charge in [0.05, 0.1) is 18.7 Å². The molecule has 1 unspecified atom stereocenters. The number of nitrogens with one attached hydrogen (secondary N) is 1. The molecule has 1 amide bonds. The third kappa shape index (κ3) is 3.65. The molecule has 0 saturated carbocycles. The summed E-state index contributed by atoms with van der Waals surface area (Å²) in [6.07, 6.45) is 1.69. The standard InChI is InChI=1S/C18H21N3O3/c1-23-16-7-3-2-6-15(16)18(22)21-11-10-19-12-14(21)13-24-17-8-4-5-9-20-17/h2-9,14,19H,10-13H2,1H3. The fourth-order valence-electron chi connectivity index (χ4n) is 2.77. The highest BCUT2D eigenvalue weighted by atomic mass is 16.5. The van der Waals surface area contributed by atoms with Gasteiger partial charge in [0.1, 0.15) is 12.4 Å². The predicted octanol–water partition coefficient (Wildman–Crippen LogP) is 1.58. The van der Waals surface area contributed by atoms with Gasteiger partial charge in [-0.05, 0) is 18.2 Å². The molecule has 1 aliphatic rings. The average Bonchev–Trinajstić information content (AvgIpc) is 2.67. The van der Waals surface area contributed by atoms with Crippen molar-refractivity contribution in [3.05, 3.63) is 54.2 Å². The van der Waals surface area contributed by atoms with E-state index in [0.29, 0.717) is 36.9 Å². The van der Waals surface area contributed by atoms with Gasteiger partial charge in [-0.25, -0.2) is 4.98 Å². The molecule has 1 saturated heterocycles. The van der Waals surface area contributed by atoms with E-state index in [1.165, 1.54) is 0 Å². The second-order valence-electron chi connectivity index (χ2n) is 5.54. The Kier molecular flexibility index (Phi) is 5.28. The lowest BCUT2D eigenvalue weighted by atomic mass is 10.1. The Bertz CT molecular complexity index is 678. The van der Waals surface area contributed by atoms with Gasteiger partial charge in [-0.3, -0.25) is 4.79 Å². The number of ether oxygens (including phenoxy) is 2. The molecular formula is C18H21N3O3. The first kappa shape index (κ1) is 16.3. The number of benzene rings is 1. The molecule has 1 aromatic heterocycles. The van der Waals surface area contributed by atoms with Crippen LogP contribution in [0.25, 0.3) is 0 Å². The van der Waals surface area contributed by atoms with Gasteiger partial charge in [0.15, 0.2) is 0 Å². The Morgan fingerprint density at radius 1 is 1.29 bits per heavy atom. The van der Waals surface area contributed by atoms with Crippen LogP contribution in [0.3, 0.4) is 0 Å². The van der Waals surface area contributed by atoms with E-state index >= 15 is 0 Å². The molecule has 6 heteroatoms. The molecule has 0 bridgehead atoms. The van der Waals surface area contributed by atoms with E-state index in [1.807, 2.05) is 35.2 Å². The van der Waals surface area contributed by atoms with E-state index in [4.69, 9.17) is 9.47 Å². The number of methoxy groups -OCH3 is 1. The van der Waals surface area contributed by atoms with E-state index in [2.05, 4.69) is 10.3 Å². The molecule has 24 heavy (non-hydrogen) atoms. The van der Waals surface area contributed by atoms with Crippen molar-refractivity contribution in [1.82, 2.24) is 15.2 Å². The zero-order valence-corrected chi connectivity index (χ0v) is 13.6. The molecule has 3 rings (SSSR count). The number of pyridine rings is 1. The lowest BCUT2D eigenvalue weighted by Gasteiger charge is -2.36. The Labute approximate surface area is 141 Å². The van der Waals surface area contributed by atoms with Crippen LogP contribution in [0.15, 0.2) is 48.7 Å². The first-order chi connectivity index (χ1) is 11.8. The van der Waals surface area contributed by atoms with Crippen LogP contribution in [0.5, 0.6) is 11.6 Å². The van der Waals surface area contributed by atoms with E-state index in [9.17, 15) is 4.79 Å². The second kappa shape index (κ2) is 7.79. The van der Waals surface area contributed by atoms with E-state index in [-0.39, 0.29) is 11.9 Å². The highest BCUT2D eigenvalue weighted by Crippen LogP contribution is 2.21. The second-order valence-corrected chi connectivity index (χ2v) is 5.54. The van der Waals surface area contributed by atoms with Crippen molar-refractivity contribution >= 4 is 5.91 Å². The van der Waals surface area contributed by atoms with Gasteiger partial charge < -0.3 is 19.7 Å². The number of amides is 1. The molecule has 1 atom stereocenters. The minimum Gasteiger partial charge on any atom is -0.496 e. The maximum absolute atomic E-state index is 12.9. The average molecular weight is 327 g/mol. The number of nitrogens with zero attached hydrogens (tertiary/aromatic N) is 2. The van der Waals surface area contributed by atoms with Crippen LogP contribution < -0.4 is 14.8 Å². The largest absolute Gasteiger partial charge is 0.496 e. The molecule has 6 nitrogen and oxygen atoms in total. The van der Waals surface area contributed by atoms with E-state index in [0.717, 1.165) is 6.54 Å². The quantitative estimate of drug-likeness (QED) is 0.903. The number of hydrogen-bond acceptors (Lipinski definition) is 5. The van der Waals surface area contributed by atoms with Crippen molar-refractivity contribution in [3.63, 3.8) is 0 Å². The summed E-state index contributed by atoms with van der Waals surface area (Å²) in [5.41, 5.74) is 0.574. The summed E-state index contributed by atoms with van der Waals surface area (Å²) in [6, 6.07) is 12.8. The number of hydrogen-bond donors (Lipinski definition) is 1. The molecular weight excluding hydrogens is 306 g/mol. The molecule has 0 spiro atoms.